The molecule has 3 nitrogen and oxygen atoms in total. The van der Waals surface area contributed by atoms with Crippen molar-refractivity contribution in [3.8, 4) is 0 Å². The molecule has 23 heavy (non-hydrogen) atoms. The molecular weight excluding hydrogens is 284 g/mol. The van der Waals surface area contributed by atoms with Crippen LogP contribution in [0.5, 0.6) is 0 Å². The van der Waals surface area contributed by atoms with Gasteiger partial charge in [-0.05, 0) is 18.6 Å². The molecule has 0 aliphatic carbocycles. The third kappa shape index (κ3) is 4.31. The van der Waals surface area contributed by atoms with Crippen LogP contribution in [0.2, 0.25) is 0 Å². The van der Waals surface area contributed by atoms with E-state index in [1.807, 2.05) is 24.3 Å². The fraction of sp³-hybridized carbons (Fsp3) is 0.500. The Morgan fingerprint density at radius 1 is 0.783 bits per heavy atom. The summed E-state index contributed by atoms with van der Waals surface area (Å²) < 4.78 is 5.86. The molecule has 3 rings (SSSR count). The number of aromatic nitrogens is 2. The Morgan fingerprint density at radius 2 is 1.43 bits per heavy atom. The fourth-order valence-electron chi connectivity index (χ4n) is 3.03. The number of rotatable bonds is 9. The molecule has 2 aromatic heterocycles. The zero-order valence-corrected chi connectivity index (χ0v) is 14.1. The van der Waals surface area contributed by atoms with Gasteiger partial charge in [0.05, 0.1) is 11.0 Å². The molecule has 0 radical (unpaired) electrons. The Bertz CT molecular complexity index is 695. The van der Waals surface area contributed by atoms with Crippen molar-refractivity contribution in [1.82, 2.24) is 9.97 Å². The summed E-state index contributed by atoms with van der Waals surface area (Å²) in [6.45, 7) is 2.26. The molecule has 0 saturated heterocycles. The van der Waals surface area contributed by atoms with Crippen molar-refractivity contribution in [3.63, 3.8) is 0 Å². The van der Waals surface area contributed by atoms with Crippen LogP contribution in [-0.4, -0.2) is 9.97 Å². The molecule has 0 amide bonds. The number of hydrogen-bond donors (Lipinski definition) is 0. The lowest BCUT2D eigenvalue weighted by Crippen LogP contribution is -1.84. The number of benzene rings is 1. The van der Waals surface area contributed by atoms with Crippen LogP contribution in [-0.2, 0) is 6.42 Å². The number of unbranched alkanes of at least 4 members (excludes halogenated alkanes) is 7. The van der Waals surface area contributed by atoms with Crippen molar-refractivity contribution in [3.05, 3.63) is 36.1 Å². The van der Waals surface area contributed by atoms with Crippen molar-refractivity contribution in [2.45, 2.75) is 64.7 Å². The quantitative estimate of drug-likeness (QED) is 0.451. The Morgan fingerprint density at radius 3 is 2.17 bits per heavy atom. The zero-order chi connectivity index (χ0) is 15.9. The summed E-state index contributed by atoms with van der Waals surface area (Å²) in [5.41, 5.74) is 3.36. The molecule has 0 bridgehead atoms. The second-order valence-corrected chi connectivity index (χ2v) is 6.34. The van der Waals surface area contributed by atoms with E-state index in [-0.39, 0.29) is 0 Å². The molecule has 3 heteroatoms. The fourth-order valence-corrected chi connectivity index (χ4v) is 3.03. The van der Waals surface area contributed by atoms with Crippen molar-refractivity contribution in [2.24, 2.45) is 0 Å². The molecule has 2 heterocycles. The van der Waals surface area contributed by atoms with Crippen molar-refractivity contribution < 1.29 is 4.42 Å². The highest BCUT2D eigenvalue weighted by Gasteiger charge is 2.08. The summed E-state index contributed by atoms with van der Waals surface area (Å²) >= 11 is 0. The van der Waals surface area contributed by atoms with Gasteiger partial charge in [0.15, 0.2) is 0 Å². The predicted molar refractivity (Wildman–Crippen MR) is 95.6 cm³/mol. The standard InChI is InChI=1S/C20H26N2O/c1-2-3-4-5-6-7-8-9-12-16-15-19-20(23-16)22-18-14-11-10-13-17(18)21-19/h10-11,13-15H,2-9,12H2,1H3. The van der Waals surface area contributed by atoms with E-state index >= 15 is 0 Å². The van der Waals surface area contributed by atoms with Gasteiger partial charge in [-0.3, -0.25) is 0 Å². The third-order valence-electron chi connectivity index (χ3n) is 4.37. The number of para-hydroxylation sites is 2. The van der Waals surface area contributed by atoms with Gasteiger partial charge >= 0.3 is 0 Å². The van der Waals surface area contributed by atoms with Gasteiger partial charge in [0, 0.05) is 12.5 Å². The van der Waals surface area contributed by atoms with Gasteiger partial charge in [-0.25, -0.2) is 9.97 Å². The van der Waals surface area contributed by atoms with E-state index in [4.69, 9.17) is 4.42 Å². The predicted octanol–water partition coefficient (Wildman–Crippen LogP) is 6.06. The van der Waals surface area contributed by atoms with Crippen molar-refractivity contribution in [2.75, 3.05) is 0 Å². The second-order valence-electron chi connectivity index (χ2n) is 6.34. The lowest BCUT2D eigenvalue weighted by molar-refractivity contribution is 0.513. The monoisotopic (exact) mass is 310 g/mol. The van der Waals surface area contributed by atoms with E-state index in [1.165, 1.54) is 51.4 Å². The first-order chi connectivity index (χ1) is 11.4. The number of aryl methyl sites for hydroxylation is 1. The Labute approximate surface area is 138 Å². The summed E-state index contributed by atoms with van der Waals surface area (Å²) in [6, 6.07) is 9.99. The average molecular weight is 310 g/mol. The number of furan rings is 1. The van der Waals surface area contributed by atoms with Crippen LogP contribution in [0.3, 0.4) is 0 Å². The molecular formula is C20H26N2O. The summed E-state index contributed by atoms with van der Waals surface area (Å²) in [6.07, 6.45) is 11.7. The summed E-state index contributed by atoms with van der Waals surface area (Å²) in [5, 5.41) is 0. The average Bonchev–Trinajstić information content (AvgIpc) is 2.96. The normalized spacial score (nSPS) is 11.5. The van der Waals surface area contributed by atoms with E-state index in [0.717, 1.165) is 28.7 Å². The minimum atomic E-state index is 0.665. The van der Waals surface area contributed by atoms with Gasteiger partial charge in [-0.1, -0.05) is 64.0 Å². The Kier molecular flexibility index (Phi) is 5.62. The maximum atomic E-state index is 5.86. The number of fused-ring (bicyclic) bond motifs is 2. The van der Waals surface area contributed by atoms with Gasteiger partial charge in [0.1, 0.15) is 11.3 Å². The van der Waals surface area contributed by atoms with Crippen LogP contribution in [0.4, 0.5) is 0 Å². The molecule has 0 spiro atoms. The van der Waals surface area contributed by atoms with Crippen LogP contribution in [0.1, 0.15) is 64.1 Å². The van der Waals surface area contributed by atoms with Gasteiger partial charge in [0.2, 0.25) is 5.71 Å². The molecule has 122 valence electrons. The number of nitrogens with zero attached hydrogens (tertiary/aromatic N) is 2. The van der Waals surface area contributed by atoms with Gasteiger partial charge in [-0.15, -0.1) is 0 Å². The van der Waals surface area contributed by atoms with E-state index in [2.05, 4.69) is 23.0 Å². The van der Waals surface area contributed by atoms with Crippen LogP contribution in [0.15, 0.2) is 34.7 Å². The van der Waals surface area contributed by atoms with E-state index < -0.39 is 0 Å². The largest absolute Gasteiger partial charge is 0.441 e. The number of hydrogen-bond acceptors (Lipinski definition) is 3. The smallest absolute Gasteiger partial charge is 0.245 e. The van der Waals surface area contributed by atoms with Crippen molar-refractivity contribution >= 4 is 22.3 Å². The van der Waals surface area contributed by atoms with Crippen LogP contribution < -0.4 is 0 Å². The molecule has 0 N–H and O–H groups in total. The first-order valence-electron chi connectivity index (χ1n) is 9.02. The van der Waals surface area contributed by atoms with Crippen molar-refractivity contribution in [1.29, 1.82) is 0 Å². The van der Waals surface area contributed by atoms with E-state index in [9.17, 15) is 0 Å². The topological polar surface area (TPSA) is 38.9 Å². The van der Waals surface area contributed by atoms with E-state index in [1.54, 1.807) is 0 Å². The third-order valence-corrected chi connectivity index (χ3v) is 4.37. The molecule has 0 unspecified atom stereocenters. The maximum absolute atomic E-state index is 5.86. The minimum absolute atomic E-state index is 0.665. The Hall–Kier alpha value is -1.90. The molecule has 3 aromatic rings. The summed E-state index contributed by atoms with van der Waals surface area (Å²) in [4.78, 5) is 9.18. The van der Waals surface area contributed by atoms with Crippen LogP contribution in [0, 0.1) is 0 Å². The highest BCUT2D eigenvalue weighted by Crippen LogP contribution is 2.21. The van der Waals surface area contributed by atoms with Gasteiger partial charge in [0.25, 0.3) is 0 Å². The molecule has 1 aromatic carbocycles. The van der Waals surface area contributed by atoms with Gasteiger partial charge in [-0.2, -0.15) is 0 Å². The van der Waals surface area contributed by atoms with Crippen LogP contribution >= 0.6 is 0 Å². The zero-order valence-electron chi connectivity index (χ0n) is 14.1. The summed E-state index contributed by atoms with van der Waals surface area (Å²) in [7, 11) is 0. The van der Waals surface area contributed by atoms with E-state index in [0.29, 0.717) is 5.71 Å². The highest BCUT2D eigenvalue weighted by atomic mass is 16.3. The lowest BCUT2D eigenvalue weighted by atomic mass is 10.1. The first kappa shape index (κ1) is 16.0. The summed E-state index contributed by atoms with van der Waals surface area (Å²) in [5.74, 6) is 1.02. The maximum Gasteiger partial charge on any atom is 0.245 e. The SMILES string of the molecule is CCCCCCCCCCc1cc2nc3ccccc3nc2o1. The van der Waals surface area contributed by atoms with Crippen LogP contribution in [0.25, 0.3) is 22.3 Å². The molecule has 0 fully saturated rings. The molecule has 0 saturated carbocycles. The molecule has 0 aliphatic rings. The highest BCUT2D eigenvalue weighted by molar-refractivity contribution is 5.83. The lowest BCUT2D eigenvalue weighted by Gasteiger charge is -2.00. The molecule has 0 aliphatic heterocycles. The second kappa shape index (κ2) is 8.09. The minimum Gasteiger partial charge on any atom is -0.441 e. The van der Waals surface area contributed by atoms with Gasteiger partial charge < -0.3 is 4.42 Å². The molecule has 0 atom stereocenters. The first-order valence-corrected chi connectivity index (χ1v) is 9.02. The Balaban J connectivity index is 1.50.